The fraction of sp³-hybridized carbons (Fsp3) is 0.736. The summed E-state index contributed by atoms with van der Waals surface area (Å²) in [4.78, 5) is 26.0. The van der Waals surface area contributed by atoms with Gasteiger partial charge in [-0.25, -0.2) is 0 Å². The zero-order valence-electron chi connectivity index (χ0n) is 38.6. The molecule has 340 valence electrons. The molecule has 0 aromatic rings. The number of nitrogens with one attached hydrogen (secondary N) is 1. The van der Waals surface area contributed by atoms with Crippen molar-refractivity contribution in [2.75, 3.05) is 6.61 Å². The van der Waals surface area contributed by atoms with E-state index < -0.39 is 18.2 Å². The van der Waals surface area contributed by atoms with Crippen molar-refractivity contribution in [1.29, 1.82) is 0 Å². The Balaban J connectivity index is 4.63. The average molecular weight is 824 g/mol. The van der Waals surface area contributed by atoms with E-state index in [9.17, 15) is 19.8 Å². The van der Waals surface area contributed by atoms with Gasteiger partial charge in [-0.2, -0.15) is 0 Å². The molecular weight excluding hydrogens is 731 g/mol. The van der Waals surface area contributed by atoms with Crippen LogP contribution in [0, 0.1) is 0 Å². The van der Waals surface area contributed by atoms with Gasteiger partial charge in [0, 0.05) is 6.42 Å². The zero-order valence-corrected chi connectivity index (χ0v) is 38.6. The number of ether oxygens (including phenoxy) is 1. The topological polar surface area (TPSA) is 95.9 Å². The number of esters is 1. The first-order valence-corrected chi connectivity index (χ1v) is 24.7. The lowest BCUT2D eigenvalue weighted by atomic mass is 10.0. The number of hydrogen-bond acceptors (Lipinski definition) is 5. The Morgan fingerprint density at radius 1 is 0.508 bits per heavy atom. The Labute approximate surface area is 364 Å². The second-order valence-electron chi connectivity index (χ2n) is 16.6. The summed E-state index contributed by atoms with van der Waals surface area (Å²) in [5, 5.41) is 23.7. The number of carbonyl (C=O) groups is 2. The molecule has 0 bridgehead atoms. The number of rotatable bonds is 43. The lowest BCUT2D eigenvalue weighted by Crippen LogP contribution is -2.46. The van der Waals surface area contributed by atoms with Gasteiger partial charge in [0.2, 0.25) is 5.91 Å². The molecule has 59 heavy (non-hydrogen) atoms. The second kappa shape index (κ2) is 46.4. The van der Waals surface area contributed by atoms with Crippen LogP contribution in [-0.2, 0) is 14.3 Å². The molecule has 0 aliphatic heterocycles. The smallest absolute Gasteiger partial charge is 0.306 e. The van der Waals surface area contributed by atoms with Crippen molar-refractivity contribution in [2.24, 2.45) is 0 Å². The van der Waals surface area contributed by atoms with Gasteiger partial charge in [-0.15, -0.1) is 0 Å². The molecule has 3 atom stereocenters. The van der Waals surface area contributed by atoms with Crippen molar-refractivity contribution in [3.8, 4) is 0 Å². The molecule has 0 heterocycles. The summed E-state index contributed by atoms with van der Waals surface area (Å²) in [5.41, 5.74) is 0. The first-order chi connectivity index (χ1) is 29.0. The van der Waals surface area contributed by atoms with Crippen LogP contribution in [0.15, 0.2) is 72.9 Å². The number of hydrogen-bond donors (Lipinski definition) is 3. The third-order valence-electron chi connectivity index (χ3n) is 10.9. The molecule has 0 aromatic carbocycles. The maximum atomic E-state index is 13.2. The van der Waals surface area contributed by atoms with Crippen LogP contribution in [-0.4, -0.2) is 46.9 Å². The molecule has 0 aromatic heterocycles. The number of unbranched alkanes of at least 4 members (excludes halogenated alkanes) is 23. The molecule has 3 N–H and O–H groups in total. The van der Waals surface area contributed by atoms with Crippen molar-refractivity contribution >= 4 is 11.9 Å². The highest BCUT2D eigenvalue weighted by molar-refractivity contribution is 5.77. The predicted octanol–water partition coefficient (Wildman–Crippen LogP) is 14.6. The molecule has 0 saturated heterocycles. The van der Waals surface area contributed by atoms with Crippen LogP contribution >= 0.6 is 0 Å². The van der Waals surface area contributed by atoms with E-state index in [-0.39, 0.29) is 31.3 Å². The summed E-state index contributed by atoms with van der Waals surface area (Å²) in [6.45, 7) is 6.30. The molecule has 0 rings (SSSR count). The molecule has 0 fully saturated rings. The van der Waals surface area contributed by atoms with Crippen molar-refractivity contribution in [3.05, 3.63) is 72.9 Å². The van der Waals surface area contributed by atoms with Crippen molar-refractivity contribution < 1.29 is 24.5 Å². The number of allylic oxidation sites excluding steroid dienone is 12. The molecule has 6 heteroatoms. The minimum Gasteiger partial charge on any atom is -0.462 e. The van der Waals surface area contributed by atoms with Gasteiger partial charge >= 0.3 is 5.97 Å². The predicted molar refractivity (Wildman–Crippen MR) is 255 cm³/mol. The van der Waals surface area contributed by atoms with Crippen LogP contribution < -0.4 is 5.32 Å². The highest BCUT2D eigenvalue weighted by Gasteiger charge is 2.24. The maximum Gasteiger partial charge on any atom is 0.306 e. The van der Waals surface area contributed by atoms with E-state index in [1.54, 1.807) is 0 Å². The van der Waals surface area contributed by atoms with Crippen molar-refractivity contribution in [3.63, 3.8) is 0 Å². The Bertz CT molecular complexity index is 1110. The summed E-state index contributed by atoms with van der Waals surface area (Å²) in [5.74, 6) is -0.595. The van der Waals surface area contributed by atoms with Crippen LogP contribution in [0.4, 0.5) is 0 Å². The van der Waals surface area contributed by atoms with Gasteiger partial charge in [0.1, 0.15) is 6.10 Å². The first-order valence-electron chi connectivity index (χ1n) is 24.7. The fourth-order valence-corrected chi connectivity index (χ4v) is 7.17. The summed E-state index contributed by atoms with van der Waals surface area (Å²) < 4.78 is 5.85. The minimum atomic E-state index is -0.808. The Morgan fingerprint density at radius 3 is 1.46 bits per heavy atom. The van der Waals surface area contributed by atoms with E-state index >= 15 is 0 Å². The van der Waals surface area contributed by atoms with Crippen LogP contribution in [0.1, 0.15) is 226 Å². The highest BCUT2D eigenvalue weighted by Crippen LogP contribution is 2.17. The van der Waals surface area contributed by atoms with Gasteiger partial charge < -0.3 is 20.3 Å². The number of amides is 1. The monoisotopic (exact) mass is 824 g/mol. The third-order valence-corrected chi connectivity index (χ3v) is 10.9. The molecule has 3 unspecified atom stereocenters. The van der Waals surface area contributed by atoms with Crippen molar-refractivity contribution in [2.45, 2.75) is 244 Å². The van der Waals surface area contributed by atoms with E-state index in [4.69, 9.17) is 4.74 Å². The Kier molecular flexibility index (Phi) is 44.2. The third kappa shape index (κ3) is 41.8. The maximum absolute atomic E-state index is 13.2. The standard InChI is InChI=1S/C53H93NO5/c1-4-7-10-13-16-19-22-24-25-26-28-30-33-36-39-42-45-51(56)50(48-55)54-52(57)47-49(44-41-38-35-32-29-21-18-15-12-9-6-3)59-53(58)46-43-40-37-34-31-27-23-20-17-14-11-8-5-2/h8,11,14,17,20,23,27,31-32,34-35,37,49-51,55-56H,4-7,9-10,12-13,15-16,18-19,21-22,24-26,28-30,33,36,38-48H2,1-3H3,(H,54,57)/b11-8+,17-14+,23-20-,31-27-,35-32-,37-34+. The molecule has 0 aliphatic rings. The van der Waals surface area contributed by atoms with Crippen molar-refractivity contribution in [1.82, 2.24) is 5.32 Å². The Morgan fingerprint density at radius 2 is 0.949 bits per heavy atom. The Hall–Kier alpha value is -2.70. The SMILES string of the molecule is CC/C=C/C=C/C=C\C=C/C=C/CCCC(=O)OC(CCC/C=C\CCCCCCCC)CC(=O)NC(CO)C(O)CCCCCCCCCCCCCCCCCC. The molecule has 0 spiro atoms. The molecule has 0 radical (unpaired) electrons. The van der Waals surface area contributed by atoms with Gasteiger partial charge in [-0.3, -0.25) is 9.59 Å². The summed E-state index contributed by atoms with van der Waals surface area (Å²) >= 11 is 0. The first kappa shape index (κ1) is 56.3. The quantitative estimate of drug-likeness (QED) is 0.0246. The van der Waals surface area contributed by atoms with E-state index in [1.807, 2.05) is 54.7 Å². The second-order valence-corrected chi connectivity index (χ2v) is 16.6. The molecule has 6 nitrogen and oxygen atoms in total. The van der Waals surface area contributed by atoms with Gasteiger partial charge in [0.15, 0.2) is 0 Å². The van der Waals surface area contributed by atoms with Gasteiger partial charge in [0.25, 0.3) is 0 Å². The minimum absolute atomic E-state index is 0.0256. The number of aliphatic hydroxyl groups excluding tert-OH is 2. The van der Waals surface area contributed by atoms with Crippen LogP contribution in [0.3, 0.4) is 0 Å². The van der Waals surface area contributed by atoms with E-state index in [0.29, 0.717) is 19.3 Å². The lowest BCUT2D eigenvalue weighted by molar-refractivity contribution is -0.151. The lowest BCUT2D eigenvalue weighted by Gasteiger charge is -2.24. The number of aliphatic hydroxyl groups is 2. The molecule has 0 saturated carbocycles. The van der Waals surface area contributed by atoms with Crippen LogP contribution in [0.5, 0.6) is 0 Å². The fourth-order valence-electron chi connectivity index (χ4n) is 7.17. The van der Waals surface area contributed by atoms with E-state index in [0.717, 1.165) is 51.4 Å². The summed E-state index contributed by atoms with van der Waals surface area (Å²) in [7, 11) is 0. The zero-order chi connectivity index (χ0) is 43.1. The molecule has 1 amide bonds. The molecular formula is C53H93NO5. The summed E-state index contributed by atoms with van der Waals surface area (Å²) in [6.07, 6.45) is 58.3. The summed E-state index contributed by atoms with van der Waals surface area (Å²) in [6, 6.07) is -0.726. The van der Waals surface area contributed by atoms with E-state index in [1.165, 1.54) is 122 Å². The van der Waals surface area contributed by atoms with Gasteiger partial charge in [0.05, 0.1) is 25.2 Å². The van der Waals surface area contributed by atoms with Gasteiger partial charge in [-0.05, 0) is 57.8 Å². The normalized spacial score (nSPS) is 13.9. The van der Waals surface area contributed by atoms with Crippen LogP contribution in [0.2, 0.25) is 0 Å². The largest absolute Gasteiger partial charge is 0.462 e. The average Bonchev–Trinajstić information content (AvgIpc) is 3.23. The molecule has 0 aliphatic carbocycles. The van der Waals surface area contributed by atoms with Crippen LogP contribution in [0.25, 0.3) is 0 Å². The highest BCUT2D eigenvalue weighted by atomic mass is 16.5. The van der Waals surface area contributed by atoms with E-state index in [2.05, 4.69) is 44.3 Å². The van der Waals surface area contributed by atoms with Gasteiger partial charge in [-0.1, -0.05) is 229 Å². The number of carbonyl (C=O) groups excluding carboxylic acids is 2.